The Kier molecular flexibility index (Phi) is 8.03. The minimum atomic E-state index is -1.30. The molecule has 3 rings (SSSR count). The van der Waals surface area contributed by atoms with E-state index in [2.05, 4.69) is 10.6 Å². The number of primary amides is 1. The smallest absolute Gasteiger partial charge is 0.331 e. The number of nitrogens with two attached hydrogens (primary N) is 1. The maximum Gasteiger partial charge on any atom is 0.331 e. The van der Waals surface area contributed by atoms with Crippen LogP contribution in [0, 0.1) is 0 Å². The first-order valence-electron chi connectivity index (χ1n) is 11.0. The number of benzene rings is 2. The number of carboxylic acid groups (broad SMARTS) is 1. The van der Waals surface area contributed by atoms with Gasteiger partial charge in [-0.2, -0.15) is 0 Å². The Morgan fingerprint density at radius 3 is 2.34 bits per heavy atom. The second-order valence-corrected chi connectivity index (χ2v) is 8.07. The quantitative estimate of drug-likeness (QED) is 0.308. The van der Waals surface area contributed by atoms with E-state index in [-0.39, 0.29) is 31.2 Å². The molecule has 0 aliphatic heterocycles. The van der Waals surface area contributed by atoms with Crippen LogP contribution in [0.5, 0.6) is 0 Å². The zero-order chi connectivity index (χ0) is 25.5. The number of aromatic nitrogens is 2. The molecule has 0 unspecified atom stereocenters. The highest BCUT2D eigenvalue weighted by atomic mass is 16.4. The molecule has 11 heteroatoms. The van der Waals surface area contributed by atoms with Gasteiger partial charge in [-0.15, -0.1) is 0 Å². The lowest BCUT2D eigenvalue weighted by Crippen LogP contribution is -2.50. The van der Waals surface area contributed by atoms with Gasteiger partial charge in [0, 0.05) is 20.0 Å². The van der Waals surface area contributed by atoms with Crippen LogP contribution in [0.3, 0.4) is 0 Å². The van der Waals surface area contributed by atoms with Crippen LogP contribution in [-0.4, -0.2) is 44.7 Å². The summed E-state index contributed by atoms with van der Waals surface area (Å²) in [4.78, 5) is 62.5. The average Bonchev–Trinajstić information content (AvgIpc) is 2.84. The average molecular weight is 482 g/mol. The molecule has 0 fully saturated rings. The summed E-state index contributed by atoms with van der Waals surface area (Å²) in [5.74, 6) is -2.06. The van der Waals surface area contributed by atoms with Gasteiger partial charge in [-0.05, 0) is 30.5 Å². The number of nitrogens with zero attached hydrogens (tertiary/aromatic N) is 2. The zero-order valence-electron chi connectivity index (χ0n) is 19.1. The number of nitrogens with one attached hydrogen (secondary N) is 2. The molecule has 3 aromatic rings. The van der Waals surface area contributed by atoms with Gasteiger partial charge >= 0.3 is 17.7 Å². The van der Waals surface area contributed by atoms with Crippen LogP contribution in [0.15, 0.2) is 64.2 Å². The molecule has 2 atom stereocenters. The van der Waals surface area contributed by atoms with Gasteiger partial charge in [0.2, 0.25) is 5.91 Å². The molecule has 3 amide bonds. The van der Waals surface area contributed by atoms with Gasteiger partial charge in [-0.25, -0.2) is 19.0 Å². The fourth-order valence-electron chi connectivity index (χ4n) is 3.88. The number of aliphatic carboxylic acids is 1. The molecule has 0 spiro atoms. The summed E-state index contributed by atoms with van der Waals surface area (Å²) in [6.45, 7) is 0.132. The number of hydrogen-bond acceptors (Lipinski definition) is 5. The van der Waals surface area contributed by atoms with Crippen LogP contribution in [0.1, 0.15) is 24.4 Å². The molecule has 0 aliphatic carbocycles. The van der Waals surface area contributed by atoms with Crippen LogP contribution in [-0.2, 0) is 23.1 Å². The monoisotopic (exact) mass is 481 g/mol. The van der Waals surface area contributed by atoms with Crippen molar-refractivity contribution in [2.75, 3.05) is 6.54 Å². The number of carboxylic acids is 1. The van der Waals surface area contributed by atoms with Gasteiger partial charge in [0.15, 0.2) is 0 Å². The minimum Gasteiger partial charge on any atom is -0.480 e. The Morgan fingerprint density at radius 1 is 1.03 bits per heavy atom. The van der Waals surface area contributed by atoms with Crippen molar-refractivity contribution in [1.29, 1.82) is 0 Å². The summed E-state index contributed by atoms with van der Waals surface area (Å²) in [5.41, 5.74) is 4.78. The fourth-order valence-corrected chi connectivity index (χ4v) is 3.88. The van der Waals surface area contributed by atoms with Gasteiger partial charge in [0.1, 0.15) is 12.1 Å². The van der Waals surface area contributed by atoms with Gasteiger partial charge in [-0.1, -0.05) is 42.5 Å². The molecule has 35 heavy (non-hydrogen) atoms. The second kappa shape index (κ2) is 11.1. The van der Waals surface area contributed by atoms with Crippen molar-refractivity contribution in [2.45, 2.75) is 31.3 Å². The van der Waals surface area contributed by atoms with E-state index in [0.717, 1.165) is 4.57 Å². The molecule has 1 aromatic heterocycles. The highest BCUT2D eigenvalue weighted by Crippen LogP contribution is 2.15. The van der Waals surface area contributed by atoms with Crippen molar-refractivity contribution >= 4 is 28.8 Å². The number of fused-ring (bicyclic) bond motifs is 1. The Hall–Kier alpha value is -4.41. The van der Waals surface area contributed by atoms with Gasteiger partial charge < -0.3 is 21.5 Å². The van der Waals surface area contributed by atoms with E-state index in [1.807, 2.05) is 0 Å². The van der Waals surface area contributed by atoms with Crippen molar-refractivity contribution in [3.63, 3.8) is 0 Å². The van der Waals surface area contributed by atoms with E-state index in [0.29, 0.717) is 11.1 Å². The van der Waals surface area contributed by atoms with E-state index >= 15 is 0 Å². The van der Waals surface area contributed by atoms with Crippen LogP contribution in [0.25, 0.3) is 10.9 Å². The third-order valence-electron chi connectivity index (χ3n) is 5.68. The number of amides is 3. The van der Waals surface area contributed by atoms with Crippen molar-refractivity contribution in [2.24, 2.45) is 12.8 Å². The Morgan fingerprint density at radius 2 is 1.69 bits per heavy atom. The molecule has 0 radical (unpaired) electrons. The summed E-state index contributed by atoms with van der Waals surface area (Å²) in [5, 5.41) is 14.7. The number of rotatable bonds is 10. The zero-order valence-corrected chi connectivity index (χ0v) is 19.1. The molecular weight excluding hydrogens is 454 g/mol. The highest BCUT2D eigenvalue weighted by molar-refractivity contribution is 5.86. The Balaban J connectivity index is 2.00. The topological polar surface area (TPSA) is 166 Å². The minimum absolute atomic E-state index is 0.00401. The maximum atomic E-state index is 13.4. The standard InChI is InChI=1S/C24H27N5O6/c1-28-18-12-6-5-10-16(18)21(31)29(24(28)35)19(14-15-8-3-2-4-9-15)20(30)27-17(22(32)33)11-7-13-26-23(25)34/h2-6,8-10,12,17,19H,7,11,13-14H2,1H3,(H,27,30)(H,32,33)(H3,25,26,34)/t17-,19-/m0/s1. The summed E-state index contributed by atoms with van der Waals surface area (Å²) in [6, 6.07) is 12.0. The van der Waals surface area contributed by atoms with Crippen molar-refractivity contribution < 1.29 is 19.5 Å². The summed E-state index contributed by atoms with van der Waals surface area (Å²) in [6.07, 6.45) is 0.237. The lowest BCUT2D eigenvalue weighted by Gasteiger charge is -2.23. The van der Waals surface area contributed by atoms with E-state index in [1.54, 1.807) is 54.6 Å². The first kappa shape index (κ1) is 25.2. The van der Waals surface area contributed by atoms with Crippen molar-refractivity contribution in [1.82, 2.24) is 19.8 Å². The molecule has 5 N–H and O–H groups in total. The van der Waals surface area contributed by atoms with Crippen LogP contribution < -0.4 is 27.6 Å². The molecule has 0 saturated heterocycles. The van der Waals surface area contributed by atoms with Crippen molar-refractivity contribution in [3.05, 3.63) is 81.0 Å². The summed E-state index contributed by atoms with van der Waals surface area (Å²) < 4.78 is 2.16. The van der Waals surface area contributed by atoms with Crippen LogP contribution in [0.2, 0.25) is 0 Å². The van der Waals surface area contributed by atoms with Crippen LogP contribution >= 0.6 is 0 Å². The third kappa shape index (κ3) is 5.94. The maximum absolute atomic E-state index is 13.4. The third-order valence-corrected chi connectivity index (χ3v) is 5.68. The lowest BCUT2D eigenvalue weighted by atomic mass is 10.0. The molecular formula is C24H27N5O6. The lowest BCUT2D eigenvalue weighted by molar-refractivity contribution is -0.142. The van der Waals surface area contributed by atoms with Gasteiger partial charge in [-0.3, -0.25) is 14.2 Å². The molecule has 1 heterocycles. The van der Waals surface area contributed by atoms with E-state index in [4.69, 9.17) is 5.73 Å². The Labute approximate surface area is 200 Å². The number of para-hydroxylation sites is 1. The number of urea groups is 1. The normalized spacial score (nSPS) is 12.6. The second-order valence-electron chi connectivity index (χ2n) is 8.07. The first-order valence-corrected chi connectivity index (χ1v) is 11.0. The van der Waals surface area contributed by atoms with Crippen LogP contribution in [0.4, 0.5) is 4.79 Å². The number of carbonyl (C=O) groups is 3. The highest BCUT2D eigenvalue weighted by Gasteiger charge is 2.29. The first-order chi connectivity index (χ1) is 16.7. The SMILES string of the molecule is Cn1c(=O)n([C@@H](Cc2ccccc2)C(=O)N[C@@H](CCCNC(N)=O)C(=O)O)c(=O)c2ccccc21. The number of hydrogen-bond donors (Lipinski definition) is 4. The molecule has 11 nitrogen and oxygen atoms in total. The summed E-state index contributed by atoms with van der Waals surface area (Å²) >= 11 is 0. The van der Waals surface area contributed by atoms with Crippen molar-refractivity contribution in [3.8, 4) is 0 Å². The van der Waals surface area contributed by atoms with Gasteiger partial charge in [0.05, 0.1) is 10.9 Å². The summed E-state index contributed by atoms with van der Waals surface area (Å²) in [7, 11) is 1.50. The number of carbonyl (C=O) groups excluding carboxylic acids is 2. The van der Waals surface area contributed by atoms with E-state index in [9.17, 15) is 29.1 Å². The molecule has 2 aromatic carbocycles. The molecule has 184 valence electrons. The fraction of sp³-hybridized carbons (Fsp3) is 0.292. The largest absolute Gasteiger partial charge is 0.480 e. The number of aryl methyl sites for hydroxylation is 1. The predicted octanol–water partition coefficient (Wildman–Crippen LogP) is 0.502. The van der Waals surface area contributed by atoms with E-state index < -0.39 is 41.2 Å². The Bertz CT molecular complexity index is 1350. The molecule has 0 saturated carbocycles. The van der Waals surface area contributed by atoms with E-state index in [1.165, 1.54) is 11.6 Å². The molecule has 0 aliphatic rings. The van der Waals surface area contributed by atoms with Gasteiger partial charge in [0.25, 0.3) is 5.56 Å². The molecule has 0 bridgehead atoms. The predicted molar refractivity (Wildman–Crippen MR) is 129 cm³/mol.